The van der Waals surface area contributed by atoms with Crippen LogP contribution < -0.4 is 10.1 Å². The standard InChI is InChI=1S/C20H24BrClN2O4S/c1-4-24(13-20(25)23-14(3)15-7-6-8-16(21)11-15)29(26,27)17-9-10-19(28-5-2)18(22)12-17/h6-12,14H,4-5,13H2,1-3H3,(H,23,25)/t14-/m1/s1. The highest BCUT2D eigenvalue weighted by Gasteiger charge is 2.26. The van der Waals surface area contributed by atoms with Crippen LogP contribution in [0.3, 0.4) is 0 Å². The van der Waals surface area contributed by atoms with Crippen LogP contribution in [-0.4, -0.2) is 38.3 Å². The Labute approximate surface area is 185 Å². The number of carbonyl (C=O) groups excluding carboxylic acids is 1. The highest BCUT2D eigenvalue weighted by molar-refractivity contribution is 9.10. The summed E-state index contributed by atoms with van der Waals surface area (Å²) in [4.78, 5) is 12.5. The second-order valence-corrected chi connectivity index (χ2v) is 9.56. The van der Waals surface area contributed by atoms with E-state index in [9.17, 15) is 13.2 Å². The zero-order chi connectivity index (χ0) is 21.6. The van der Waals surface area contributed by atoms with Crippen LogP contribution in [-0.2, 0) is 14.8 Å². The van der Waals surface area contributed by atoms with E-state index in [2.05, 4.69) is 21.2 Å². The average molecular weight is 504 g/mol. The average Bonchev–Trinajstić information content (AvgIpc) is 2.67. The van der Waals surface area contributed by atoms with E-state index in [1.165, 1.54) is 18.2 Å². The Morgan fingerprint density at radius 1 is 1.24 bits per heavy atom. The predicted molar refractivity (Wildman–Crippen MR) is 118 cm³/mol. The van der Waals surface area contributed by atoms with Gasteiger partial charge in [0, 0.05) is 11.0 Å². The van der Waals surface area contributed by atoms with Gasteiger partial charge >= 0.3 is 0 Å². The number of halogens is 2. The molecule has 0 spiro atoms. The van der Waals surface area contributed by atoms with Crippen molar-refractivity contribution in [2.75, 3.05) is 19.7 Å². The lowest BCUT2D eigenvalue weighted by Gasteiger charge is -2.22. The van der Waals surface area contributed by atoms with Gasteiger partial charge in [-0.25, -0.2) is 8.42 Å². The molecule has 0 saturated carbocycles. The second kappa shape index (κ2) is 10.4. The van der Waals surface area contributed by atoms with Crippen LogP contribution in [0, 0.1) is 0 Å². The zero-order valence-corrected chi connectivity index (χ0v) is 19.6. The Hall–Kier alpha value is -1.61. The summed E-state index contributed by atoms with van der Waals surface area (Å²) in [5.41, 5.74) is 0.914. The fraction of sp³-hybridized carbons (Fsp3) is 0.350. The summed E-state index contributed by atoms with van der Waals surface area (Å²) < 4.78 is 33.3. The van der Waals surface area contributed by atoms with Crippen LogP contribution in [0.25, 0.3) is 0 Å². The number of hydrogen-bond acceptors (Lipinski definition) is 4. The van der Waals surface area contributed by atoms with Crippen molar-refractivity contribution in [3.63, 3.8) is 0 Å². The van der Waals surface area contributed by atoms with E-state index in [0.717, 1.165) is 14.3 Å². The number of benzene rings is 2. The lowest BCUT2D eigenvalue weighted by atomic mass is 10.1. The molecule has 2 rings (SSSR count). The molecule has 1 N–H and O–H groups in total. The minimum absolute atomic E-state index is 0.0145. The molecule has 0 bridgehead atoms. The Morgan fingerprint density at radius 3 is 2.55 bits per heavy atom. The maximum absolute atomic E-state index is 13.0. The second-order valence-electron chi connectivity index (χ2n) is 6.30. The molecule has 0 saturated heterocycles. The number of ether oxygens (including phenoxy) is 1. The summed E-state index contributed by atoms with van der Waals surface area (Å²) >= 11 is 9.53. The molecule has 9 heteroatoms. The summed E-state index contributed by atoms with van der Waals surface area (Å²) in [6.07, 6.45) is 0. The van der Waals surface area contributed by atoms with Crippen molar-refractivity contribution in [3.05, 3.63) is 57.5 Å². The summed E-state index contributed by atoms with van der Waals surface area (Å²) in [6, 6.07) is 11.6. The van der Waals surface area contributed by atoms with E-state index >= 15 is 0 Å². The van der Waals surface area contributed by atoms with Gasteiger partial charge in [0.25, 0.3) is 0 Å². The topological polar surface area (TPSA) is 75.7 Å². The molecule has 158 valence electrons. The lowest BCUT2D eigenvalue weighted by Crippen LogP contribution is -2.41. The number of rotatable bonds is 9. The first kappa shape index (κ1) is 23.7. The first-order chi connectivity index (χ1) is 13.7. The number of sulfonamides is 1. The van der Waals surface area contributed by atoms with Gasteiger partial charge in [0.15, 0.2) is 0 Å². The van der Waals surface area contributed by atoms with Crippen LogP contribution in [0.4, 0.5) is 0 Å². The summed E-state index contributed by atoms with van der Waals surface area (Å²) in [6.45, 7) is 5.61. The Balaban J connectivity index is 2.13. The quantitative estimate of drug-likeness (QED) is 0.551. The fourth-order valence-corrected chi connectivity index (χ4v) is 4.89. The first-order valence-electron chi connectivity index (χ1n) is 9.16. The molecule has 0 aliphatic heterocycles. The third-order valence-corrected chi connectivity index (χ3v) is 6.95. The molecule has 0 aromatic heterocycles. The lowest BCUT2D eigenvalue weighted by molar-refractivity contribution is -0.121. The van der Waals surface area contributed by atoms with Gasteiger partial charge in [-0.3, -0.25) is 4.79 Å². The molecule has 0 aliphatic rings. The molecule has 0 heterocycles. The zero-order valence-electron chi connectivity index (χ0n) is 16.5. The van der Waals surface area contributed by atoms with Gasteiger partial charge in [-0.2, -0.15) is 4.31 Å². The minimum atomic E-state index is -3.88. The molecule has 1 amide bonds. The number of amides is 1. The number of nitrogens with one attached hydrogen (secondary N) is 1. The van der Waals surface area contributed by atoms with Gasteiger partial charge in [-0.05, 0) is 49.7 Å². The monoisotopic (exact) mass is 502 g/mol. The number of likely N-dealkylation sites (N-methyl/N-ethyl adjacent to an activating group) is 1. The molecular weight excluding hydrogens is 480 g/mol. The number of nitrogens with zero attached hydrogens (tertiary/aromatic N) is 1. The van der Waals surface area contributed by atoms with E-state index in [1.54, 1.807) is 6.92 Å². The molecule has 1 atom stereocenters. The van der Waals surface area contributed by atoms with Crippen molar-refractivity contribution in [1.29, 1.82) is 0 Å². The molecule has 0 fully saturated rings. The number of carbonyl (C=O) groups is 1. The summed E-state index contributed by atoms with van der Waals surface area (Å²) in [5, 5.41) is 3.04. The third kappa shape index (κ3) is 6.18. The highest BCUT2D eigenvalue weighted by Crippen LogP contribution is 2.28. The van der Waals surface area contributed by atoms with Crippen molar-refractivity contribution in [2.24, 2.45) is 0 Å². The molecule has 0 aliphatic carbocycles. The van der Waals surface area contributed by atoms with Crippen LogP contribution in [0.15, 0.2) is 51.8 Å². The molecule has 29 heavy (non-hydrogen) atoms. The molecule has 0 radical (unpaired) electrons. The van der Waals surface area contributed by atoms with Gasteiger partial charge in [-0.1, -0.05) is 46.6 Å². The van der Waals surface area contributed by atoms with E-state index in [0.29, 0.717) is 12.4 Å². The van der Waals surface area contributed by atoms with E-state index in [-0.39, 0.29) is 35.0 Å². The first-order valence-corrected chi connectivity index (χ1v) is 11.8. The van der Waals surface area contributed by atoms with Crippen molar-refractivity contribution < 1.29 is 17.9 Å². The smallest absolute Gasteiger partial charge is 0.243 e. The van der Waals surface area contributed by atoms with Crippen LogP contribution in [0.5, 0.6) is 5.75 Å². The SMILES string of the molecule is CCOc1ccc(S(=O)(=O)N(CC)CC(=O)N[C@H](C)c2cccc(Br)c2)cc1Cl. The molecule has 6 nitrogen and oxygen atoms in total. The van der Waals surface area contributed by atoms with Crippen LogP contribution >= 0.6 is 27.5 Å². The third-order valence-electron chi connectivity index (χ3n) is 4.24. The van der Waals surface area contributed by atoms with Crippen molar-refractivity contribution in [1.82, 2.24) is 9.62 Å². The van der Waals surface area contributed by atoms with Crippen molar-refractivity contribution in [3.8, 4) is 5.75 Å². The highest BCUT2D eigenvalue weighted by atomic mass is 79.9. The molecule has 2 aromatic carbocycles. The Kier molecular flexibility index (Phi) is 8.51. The molecule has 2 aromatic rings. The Morgan fingerprint density at radius 2 is 1.97 bits per heavy atom. The van der Waals surface area contributed by atoms with Crippen LogP contribution in [0.2, 0.25) is 5.02 Å². The minimum Gasteiger partial charge on any atom is -0.492 e. The Bertz CT molecular complexity index is 969. The van der Waals surface area contributed by atoms with Gasteiger partial charge in [0.2, 0.25) is 15.9 Å². The molecule has 0 unspecified atom stereocenters. The van der Waals surface area contributed by atoms with E-state index < -0.39 is 10.0 Å². The molecular formula is C20H24BrClN2O4S. The summed E-state index contributed by atoms with van der Waals surface area (Å²) in [7, 11) is -3.88. The van der Waals surface area contributed by atoms with Crippen molar-refractivity contribution >= 4 is 43.5 Å². The normalized spacial score (nSPS) is 12.6. The predicted octanol–water partition coefficient (Wildman–Crippen LogP) is 4.39. The maximum Gasteiger partial charge on any atom is 0.243 e. The fourth-order valence-electron chi connectivity index (χ4n) is 2.74. The van der Waals surface area contributed by atoms with Crippen LogP contribution in [0.1, 0.15) is 32.4 Å². The van der Waals surface area contributed by atoms with E-state index in [4.69, 9.17) is 16.3 Å². The van der Waals surface area contributed by atoms with Gasteiger partial charge < -0.3 is 10.1 Å². The van der Waals surface area contributed by atoms with Crippen molar-refractivity contribution in [2.45, 2.75) is 31.7 Å². The van der Waals surface area contributed by atoms with Gasteiger partial charge in [0.05, 0.1) is 29.1 Å². The largest absolute Gasteiger partial charge is 0.492 e. The van der Waals surface area contributed by atoms with Gasteiger partial charge in [0.1, 0.15) is 5.75 Å². The van der Waals surface area contributed by atoms with E-state index in [1.807, 2.05) is 38.1 Å². The maximum atomic E-state index is 13.0. The number of hydrogen-bond donors (Lipinski definition) is 1. The van der Waals surface area contributed by atoms with Gasteiger partial charge in [-0.15, -0.1) is 0 Å². The summed E-state index contributed by atoms with van der Waals surface area (Å²) in [5.74, 6) is 0.0247.